The molecule has 2 heterocycles. The van der Waals surface area contributed by atoms with E-state index < -0.39 is 0 Å². The van der Waals surface area contributed by atoms with Gasteiger partial charge in [0.05, 0.1) is 6.42 Å². The van der Waals surface area contributed by atoms with Gasteiger partial charge in [0.25, 0.3) is 0 Å². The molecule has 0 saturated carbocycles. The Labute approximate surface area is 107 Å². The van der Waals surface area contributed by atoms with Crippen molar-refractivity contribution in [3.05, 3.63) is 29.3 Å². The maximum absolute atomic E-state index is 11.3. The van der Waals surface area contributed by atoms with Crippen molar-refractivity contribution in [1.29, 1.82) is 0 Å². The normalized spacial score (nSPS) is 18.7. The molecule has 1 amide bonds. The third-order valence-electron chi connectivity index (χ3n) is 3.68. The van der Waals surface area contributed by atoms with Gasteiger partial charge in [-0.15, -0.1) is 0 Å². The van der Waals surface area contributed by atoms with Gasteiger partial charge in [-0.05, 0) is 30.2 Å². The van der Waals surface area contributed by atoms with Gasteiger partial charge < -0.3 is 15.5 Å². The van der Waals surface area contributed by atoms with Gasteiger partial charge >= 0.3 is 0 Å². The Balaban J connectivity index is 1.62. The van der Waals surface area contributed by atoms with E-state index in [0.717, 1.165) is 43.3 Å². The van der Waals surface area contributed by atoms with E-state index in [1.165, 1.54) is 5.56 Å². The van der Waals surface area contributed by atoms with Crippen LogP contribution in [0.3, 0.4) is 0 Å². The Morgan fingerprint density at radius 3 is 2.94 bits per heavy atom. The summed E-state index contributed by atoms with van der Waals surface area (Å²) in [5, 5.41) is 6.16. The number of benzene rings is 1. The van der Waals surface area contributed by atoms with Crippen LogP contribution in [0, 0.1) is 5.92 Å². The van der Waals surface area contributed by atoms with E-state index >= 15 is 0 Å². The summed E-state index contributed by atoms with van der Waals surface area (Å²) < 4.78 is 0. The maximum atomic E-state index is 11.3. The SMILES string of the molecule is CN(Cc1ccc2c(c1)CC(=O)N2)CC1CNC1. The highest BCUT2D eigenvalue weighted by Gasteiger charge is 2.20. The maximum Gasteiger partial charge on any atom is 0.228 e. The van der Waals surface area contributed by atoms with Crippen molar-refractivity contribution in [2.24, 2.45) is 5.92 Å². The Kier molecular flexibility index (Phi) is 3.06. The molecule has 2 aliphatic rings. The Morgan fingerprint density at radius 1 is 1.39 bits per heavy atom. The van der Waals surface area contributed by atoms with Gasteiger partial charge in [0.15, 0.2) is 0 Å². The van der Waals surface area contributed by atoms with Crippen molar-refractivity contribution in [2.75, 3.05) is 32.0 Å². The fourth-order valence-corrected chi connectivity index (χ4v) is 2.68. The molecule has 4 nitrogen and oxygen atoms in total. The Hall–Kier alpha value is -1.39. The molecule has 1 aromatic rings. The second kappa shape index (κ2) is 4.71. The minimum absolute atomic E-state index is 0.107. The number of amides is 1. The van der Waals surface area contributed by atoms with Crippen LogP contribution in [0.5, 0.6) is 0 Å². The van der Waals surface area contributed by atoms with Gasteiger partial charge in [0, 0.05) is 31.9 Å². The largest absolute Gasteiger partial charge is 0.326 e. The molecule has 0 aliphatic carbocycles. The highest BCUT2D eigenvalue weighted by molar-refractivity contribution is 5.99. The monoisotopic (exact) mass is 245 g/mol. The molecule has 1 fully saturated rings. The average Bonchev–Trinajstić information content (AvgIpc) is 2.63. The van der Waals surface area contributed by atoms with Crippen LogP contribution in [-0.2, 0) is 17.8 Å². The van der Waals surface area contributed by atoms with Crippen LogP contribution in [-0.4, -0.2) is 37.5 Å². The molecule has 0 aromatic heterocycles. The molecule has 18 heavy (non-hydrogen) atoms. The number of carbonyl (C=O) groups excluding carboxylic acids is 1. The summed E-state index contributed by atoms with van der Waals surface area (Å²) in [6, 6.07) is 6.29. The number of fused-ring (bicyclic) bond motifs is 1. The number of nitrogens with one attached hydrogen (secondary N) is 2. The molecule has 1 aromatic carbocycles. The summed E-state index contributed by atoms with van der Waals surface area (Å²) in [7, 11) is 2.16. The van der Waals surface area contributed by atoms with Crippen molar-refractivity contribution in [3.8, 4) is 0 Å². The van der Waals surface area contributed by atoms with Gasteiger partial charge in [0.1, 0.15) is 0 Å². The lowest BCUT2D eigenvalue weighted by atomic mass is 10.0. The van der Waals surface area contributed by atoms with Crippen molar-refractivity contribution < 1.29 is 4.79 Å². The summed E-state index contributed by atoms with van der Waals surface area (Å²) in [4.78, 5) is 13.7. The predicted octanol–water partition coefficient (Wildman–Crippen LogP) is 0.832. The number of hydrogen-bond donors (Lipinski definition) is 2. The van der Waals surface area contributed by atoms with Crippen LogP contribution in [0.1, 0.15) is 11.1 Å². The fraction of sp³-hybridized carbons (Fsp3) is 0.500. The minimum Gasteiger partial charge on any atom is -0.326 e. The molecular weight excluding hydrogens is 226 g/mol. The van der Waals surface area contributed by atoms with E-state index in [4.69, 9.17) is 0 Å². The van der Waals surface area contributed by atoms with Crippen LogP contribution >= 0.6 is 0 Å². The van der Waals surface area contributed by atoms with Crippen LogP contribution in [0.25, 0.3) is 0 Å². The van der Waals surface area contributed by atoms with Crippen molar-refractivity contribution in [3.63, 3.8) is 0 Å². The van der Waals surface area contributed by atoms with E-state index in [1.54, 1.807) is 0 Å². The van der Waals surface area contributed by atoms with Gasteiger partial charge in [0.2, 0.25) is 5.91 Å². The standard InChI is InChI=1S/C14H19N3O/c1-17(9-11-6-15-7-11)8-10-2-3-13-12(4-10)5-14(18)16-13/h2-4,11,15H,5-9H2,1H3,(H,16,18). The number of nitrogens with zero attached hydrogens (tertiary/aromatic N) is 1. The second-order valence-electron chi connectivity index (χ2n) is 5.44. The van der Waals surface area contributed by atoms with Crippen LogP contribution in [0.2, 0.25) is 0 Å². The first kappa shape index (κ1) is 11.7. The summed E-state index contributed by atoms with van der Waals surface area (Å²) in [5.41, 5.74) is 3.41. The summed E-state index contributed by atoms with van der Waals surface area (Å²) in [6.07, 6.45) is 0.527. The number of anilines is 1. The molecule has 96 valence electrons. The van der Waals surface area contributed by atoms with E-state index in [0.29, 0.717) is 6.42 Å². The van der Waals surface area contributed by atoms with E-state index in [2.05, 4.69) is 34.7 Å². The zero-order valence-corrected chi connectivity index (χ0v) is 10.7. The lowest BCUT2D eigenvalue weighted by molar-refractivity contribution is -0.115. The first-order chi connectivity index (χ1) is 8.70. The molecule has 3 rings (SSSR count). The van der Waals surface area contributed by atoms with Crippen LogP contribution in [0.15, 0.2) is 18.2 Å². The predicted molar refractivity (Wildman–Crippen MR) is 71.5 cm³/mol. The zero-order chi connectivity index (χ0) is 12.5. The molecule has 0 radical (unpaired) electrons. The van der Waals surface area contributed by atoms with E-state index in [-0.39, 0.29) is 5.91 Å². The molecule has 0 unspecified atom stereocenters. The summed E-state index contributed by atoms with van der Waals surface area (Å²) >= 11 is 0. The average molecular weight is 245 g/mol. The molecule has 2 N–H and O–H groups in total. The van der Waals surface area contributed by atoms with Gasteiger partial charge in [-0.3, -0.25) is 4.79 Å². The summed E-state index contributed by atoms with van der Waals surface area (Å²) in [5.74, 6) is 0.906. The van der Waals surface area contributed by atoms with Crippen molar-refractivity contribution >= 4 is 11.6 Å². The van der Waals surface area contributed by atoms with Gasteiger partial charge in [-0.25, -0.2) is 0 Å². The molecular formula is C14H19N3O. The number of hydrogen-bond acceptors (Lipinski definition) is 3. The third kappa shape index (κ3) is 2.40. The quantitative estimate of drug-likeness (QED) is 0.826. The molecule has 2 aliphatic heterocycles. The lowest BCUT2D eigenvalue weighted by Crippen LogP contribution is -2.47. The first-order valence-electron chi connectivity index (χ1n) is 6.51. The van der Waals surface area contributed by atoms with Crippen LogP contribution in [0.4, 0.5) is 5.69 Å². The zero-order valence-electron chi connectivity index (χ0n) is 10.7. The van der Waals surface area contributed by atoms with Crippen LogP contribution < -0.4 is 10.6 Å². The van der Waals surface area contributed by atoms with Gasteiger partial charge in [-0.1, -0.05) is 12.1 Å². The van der Waals surface area contributed by atoms with Crippen molar-refractivity contribution in [1.82, 2.24) is 10.2 Å². The first-order valence-corrected chi connectivity index (χ1v) is 6.51. The third-order valence-corrected chi connectivity index (χ3v) is 3.68. The van der Waals surface area contributed by atoms with E-state index in [9.17, 15) is 4.79 Å². The van der Waals surface area contributed by atoms with Crippen molar-refractivity contribution in [2.45, 2.75) is 13.0 Å². The summed E-state index contributed by atoms with van der Waals surface area (Å²) in [6.45, 7) is 4.39. The smallest absolute Gasteiger partial charge is 0.228 e. The molecule has 0 spiro atoms. The van der Waals surface area contributed by atoms with E-state index in [1.807, 2.05) is 6.07 Å². The number of carbonyl (C=O) groups is 1. The molecule has 4 heteroatoms. The topological polar surface area (TPSA) is 44.4 Å². The Bertz CT molecular complexity index is 468. The fourth-order valence-electron chi connectivity index (χ4n) is 2.68. The second-order valence-corrected chi connectivity index (χ2v) is 5.44. The highest BCUT2D eigenvalue weighted by atomic mass is 16.1. The molecule has 0 atom stereocenters. The Morgan fingerprint density at radius 2 is 2.22 bits per heavy atom. The minimum atomic E-state index is 0.107. The molecule has 1 saturated heterocycles. The number of rotatable bonds is 4. The molecule has 0 bridgehead atoms. The highest BCUT2D eigenvalue weighted by Crippen LogP contribution is 2.24. The van der Waals surface area contributed by atoms with Gasteiger partial charge in [-0.2, -0.15) is 0 Å². The lowest BCUT2D eigenvalue weighted by Gasteiger charge is -2.31.